The first kappa shape index (κ1) is 13.3. The summed E-state index contributed by atoms with van der Waals surface area (Å²) in [5.41, 5.74) is 8.45. The zero-order valence-electron chi connectivity index (χ0n) is 11.5. The lowest BCUT2D eigenvalue weighted by Gasteiger charge is -2.15. The van der Waals surface area contributed by atoms with Crippen molar-refractivity contribution in [2.45, 2.75) is 32.2 Å². The van der Waals surface area contributed by atoms with Crippen molar-refractivity contribution in [3.63, 3.8) is 0 Å². The molecular formula is C13H17N5OS. The number of aryl methyl sites for hydroxylation is 2. The first-order valence-corrected chi connectivity index (χ1v) is 7.40. The second kappa shape index (κ2) is 4.99. The molecule has 2 aromatic heterocycles. The molecule has 0 saturated carbocycles. The number of thiazole rings is 1. The number of nitrogens with one attached hydrogen (secondary N) is 1. The summed E-state index contributed by atoms with van der Waals surface area (Å²) >= 11 is 1.52. The van der Waals surface area contributed by atoms with E-state index in [9.17, 15) is 4.79 Å². The molecule has 3 rings (SSSR count). The summed E-state index contributed by atoms with van der Waals surface area (Å²) in [5.74, 6) is -0.161. The molecular weight excluding hydrogens is 274 g/mol. The maximum absolute atomic E-state index is 12.2. The van der Waals surface area contributed by atoms with Crippen molar-refractivity contribution in [3.8, 4) is 0 Å². The van der Waals surface area contributed by atoms with Crippen LogP contribution in [0.2, 0.25) is 0 Å². The fraction of sp³-hybridized carbons (Fsp3) is 0.462. The van der Waals surface area contributed by atoms with Gasteiger partial charge in [-0.25, -0.2) is 4.98 Å². The third-order valence-corrected chi connectivity index (χ3v) is 4.71. The molecule has 2 heterocycles. The monoisotopic (exact) mass is 291 g/mol. The van der Waals surface area contributed by atoms with Crippen LogP contribution in [-0.4, -0.2) is 26.7 Å². The number of hydrogen-bond acceptors (Lipinski definition) is 5. The van der Waals surface area contributed by atoms with Crippen molar-refractivity contribution in [1.29, 1.82) is 0 Å². The average molecular weight is 291 g/mol. The Hall–Kier alpha value is -1.73. The molecule has 1 atom stereocenters. The Labute approximate surface area is 121 Å². The summed E-state index contributed by atoms with van der Waals surface area (Å²) in [6, 6.07) is 0.215. The minimum absolute atomic E-state index is 0.161. The molecule has 0 aliphatic heterocycles. The number of aromatic nitrogens is 3. The third-order valence-electron chi connectivity index (χ3n) is 3.68. The summed E-state index contributed by atoms with van der Waals surface area (Å²) in [4.78, 5) is 17.9. The maximum atomic E-state index is 12.2. The van der Waals surface area contributed by atoms with E-state index in [1.54, 1.807) is 10.9 Å². The van der Waals surface area contributed by atoms with E-state index >= 15 is 0 Å². The Morgan fingerprint density at radius 1 is 1.60 bits per heavy atom. The smallest absolute Gasteiger partial charge is 0.260 e. The minimum Gasteiger partial charge on any atom is -0.327 e. The van der Waals surface area contributed by atoms with Gasteiger partial charge < -0.3 is 5.73 Å². The highest BCUT2D eigenvalue weighted by Crippen LogP contribution is 2.29. The molecule has 1 aliphatic rings. The van der Waals surface area contributed by atoms with Gasteiger partial charge in [-0.2, -0.15) is 5.10 Å². The molecule has 0 spiro atoms. The maximum Gasteiger partial charge on any atom is 0.260 e. The number of amides is 1. The van der Waals surface area contributed by atoms with Crippen LogP contribution >= 0.6 is 11.3 Å². The lowest BCUT2D eigenvalue weighted by Crippen LogP contribution is -2.27. The first-order chi connectivity index (χ1) is 9.54. The van der Waals surface area contributed by atoms with Crippen LogP contribution in [0.1, 0.15) is 33.0 Å². The van der Waals surface area contributed by atoms with Crippen LogP contribution in [0.4, 0.5) is 5.13 Å². The van der Waals surface area contributed by atoms with Crippen LogP contribution in [0.15, 0.2) is 6.20 Å². The molecule has 2 aromatic rings. The number of nitrogens with zero attached hydrogens (tertiary/aromatic N) is 3. The highest BCUT2D eigenvalue weighted by Gasteiger charge is 2.21. The summed E-state index contributed by atoms with van der Waals surface area (Å²) in [6.07, 6.45) is 4.30. The molecule has 20 heavy (non-hydrogen) atoms. The van der Waals surface area contributed by atoms with Crippen LogP contribution in [0.5, 0.6) is 0 Å². The summed E-state index contributed by atoms with van der Waals surface area (Å²) < 4.78 is 1.68. The highest BCUT2D eigenvalue weighted by molar-refractivity contribution is 7.15. The SMILES string of the molecule is Cc1c(C(=O)Nc2nc3c(s2)C[C@@H](N)CC3)cnn1C. The highest BCUT2D eigenvalue weighted by atomic mass is 32.1. The summed E-state index contributed by atoms with van der Waals surface area (Å²) in [6.45, 7) is 1.87. The van der Waals surface area contributed by atoms with E-state index < -0.39 is 0 Å². The number of carbonyl (C=O) groups is 1. The van der Waals surface area contributed by atoms with Gasteiger partial charge in [0.25, 0.3) is 5.91 Å². The second-order valence-electron chi connectivity index (χ2n) is 5.11. The van der Waals surface area contributed by atoms with Crippen molar-refractivity contribution >= 4 is 22.4 Å². The average Bonchev–Trinajstić information content (AvgIpc) is 2.93. The Morgan fingerprint density at radius 2 is 2.40 bits per heavy atom. The predicted octanol–water partition coefficient (Wildman–Crippen LogP) is 1.25. The molecule has 0 fully saturated rings. The zero-order valence-corrected chi connectivity index (χ0v) is 12.3. The molecule has 6 nitrogen and oxygen atoms in total. The van der Waals surface area contributed by atoms with Gasteiger partial charge in [-0.3, -0.25) is 14.8 Å². The second-order valence-corrected chi connectivity index (χ2v) is 6.20. The lowest BCUT2D eigenvalue weighted by molar-refractivity contribution is 0.102. The molecule has 3 N–H and O–H groups in total. The summed E-state index contributed by atoms with van der Waals surface area (Å²) in [7, 11) is 1.82. The largest absolute Gasteiger partial charge is 0.327 e. The topological polar surface area (TPSA) is 85.8 Å². The van der Waals surface area contributed by atoms with Crippen molar-refractivity contribution in [1.82, 2.24) is 14.8 Å². The molecule has 0 unspecified atom stereocenters. The molecule has 0 radical (unpaired) electrons. The Morgan fingerprint density at radius 3 is 3.10 bits per heavy atom. The van der Waals surface area contributed by atoms with Crippen LogP contribution in [0.25, 0.3) is 0 Å². The van der Waals surface area contributed by atoms with Gasteiger partial charge in [-0.05, 0) is 26.2 Å². The van der Waals surface area contributed by atoms with Crippen LogP contribution in [0.3, 0.4) is 0 Å². The van der Waals surface area contributed by atoms with E-state index in [1.807, 2.05) is 14.0 Å². The van der Waals surface area contributed by atoms with E-state index in [0.717, 1.165) is 30.7 Å². The van der Waals surface area contributed by atoms with E-state index in [0.29, 0.717) is 10.7 Å². The van der Waals surface area contributed by atoms with Gasteiger partial charge >= 0.3 is 0 Å². The van der Waals surface area contributed by atoms with E-state index in [2.05, 4.69) is 15.4 Å². The Balaban J connectivity index is 1.78. The minimum atomic E-state index is -0.161. The van der Waals surface area contributed by atoms with Crippen molar-refractivity contribution in [2.24, 2.45) is 12.8 Å². The molecule has 7 heteroatoms. The van der Waals surface area contributed by atoms with E-state index in [1.165, 1.54) is 16.2 Å². The number of anilines is 1. The van der Waals surface area contributed by atoms with Crippen molar-refractivity contribution < 1.29 is 4.79 Å². The van der Waals surface area contributed by atoms with Crippen LogP contribution < -0.4 is 11.1 Å². The first-order valence-electron chi connectivity index (χ1n) is 6.58. The van der Waals surface area contributed by atoms with Gasteiger partial charge in [0, 0.05) is 23.7 Å². The fourth-order valence-corrected chi connectivity index (χ4v) is 3.44. The molecule has 1 aliphatic carbocycles. The predicted molar refractivity (Wildman–Crippen MR) is 78.0 cm³/mol. The number of carbonyl (C=O) groups excluding carboxylic acids is 1. The van der Waals surface area contributed by atoms with Crippen molar-refractivity contribution in [2.75, 3.05) is 5.32 Å². The molecule has 0 saturated heterocycles. The molecule has 1 amide bonds. The van der Waals surface area contributed by atoms with Gasteiger partial charge in [0.1, 0.15) is 0 Å². The Bertz CT molecular complexity index is 660. The van der Waals surface area contributed by atoms with Gasteiger partial charge in [0.05, 0.1) is 17.5 Å². The van der Waals surface area contributed by atoms with Crippen LogP contribution in [0, 0.1) is 6.92 Å². The standard InChI is InChI=1S/C13H17N5OS/c1-7-9(6-15-18(7)2)12(19)17-13-16-10-4-3-8(14)5-11(10)20-13/h6,8H,3-5,14H2,1-2H3,(H,16,17,19)/t8-/m0/s1. The van der Waals surface area contributed by atoms with E-state index in [-0.39, 0.29) is 11.9 Å². The van der Waals surface area contributed by atoms with E-state index in [4.69, 9.17) is 5.73 Å². The van der Waals surface area contributed by atoms with Gasteiger partial charge in [-0.1, -0.05) is 0 Å². The Kier molecular flexibility index (Phi) is 3.31. The van der Waals surface area contributed by atoms with Crippen LogP contribution in [-0.2, 0) is 19.9 Å². The normalized spacial score (nSPS) is 17.9. The number of nitrogens with two attached hydrogens (primary N) is 1. The number of fused-ring (bicyclic) bond motifs is 1. The number of rotatable bonds is 2. The summed E-state index contributed by atoms with van der Waals surface area (Å²) in [5, 5.41) is 7.59. The van der Waals surface area contributed by atoms with Gasteiger partial charge in [0.2, 0.25) is 0 Å². The fourth-order valence-electron chi connectivity index (χ4n) is 2.34. The number of hydrogen-bond donors (Lipinski definition) is 2. The van der Waals surface area contributed by atoms with Gasteiger partial charge in [-0.15, -0.1) is 11.3 Å². The van der Waals surface area contributed by atoms with Crippen molar-refractivity contribution in [3.05, 3.63) is 28.0 Å². The molecule has 106 valence electrons. The lowest BCUT2D eigenvalue weighted by atomic mass is 9.99. The third kappa shape index (κ3) is 2.34. The molecule has 0 bridgehead atoms. The quantitative estimate of drug-likeness (QED) is 0.872. The zero-order chi connectivity index (χ0) is 14.3. The van der Waals surface area contributed by atoms with Gasteiger partial charge in [0.15, 0.2) is 5.13 Å². The molecule has 0 aromatic carbocycles.